The van der Waals surface area contributed by atoms with E-state index in [1.54, 1.807) is 6.07 Å². The summed E-state index contributed by atoms with van der Waals surface area (Å²) in [5, 5.41) is 0. The Hall–Kier alpha value is -1.22. The van der Waals surface area contributed by atoms with E-state index in [0.29, 0.717) is 5.69 Å². The van der Waals surface area contributed by atoms with Gasteiger partial charge in [0.25, 0.3) is 0 Å². The number of nitrogens with zero attached hydrogens (tertiary/aromatic N) is 2. The molecule has 0 atom stereocenters. The van der Waals surface area contributed by atoms with Crippen molar-refractivity contribution in [3.05, 3.63) is 29.6 Å². The molecule has 70 valence electrons. The van der Waals surface area contributed by atoms with Crippen LogP contribution < -0.4 is 0 Å². The number of carbonyl (C=O) groups excluding carboxylic acids is 1. The van der Waals surface area contributed by atoms with E-state index < -0.39 is 0 Å². The van der Waals surface area contributed by atoms with Crippen LogP contribution >= 0.6 is 0 Å². The fourth-order valence-corrected chi connectivity index (χ4v) is 1.09. The molecule has 0 saturated heterocycles. The van der Waals surface area contributed by atoms with E-state index in [-0.39, 0.29) is 5.78 Å². The van der Waals surface area contributed by atoms with Crippen LogP contribution in [-0.4, -0.2) is 29.8 Å². The van der Waals surface area contributed by atoms with Crippen molar-refractivity contribution in [3.63, 3.8) is 0 Å². The van der Waals surface area contributed by atoms with Gasteiger partial charge in [0, 0.05) is 13.5 Å². The third kappa shape index (κ3) is 2.95. The van der Waals surface area contributed by atoms with Gasteiger partial charge in [0.1, 0.15) is 5.69 Å². The van der Waals surface area contributed by atoms with Crippen molar-refractivity contribution in [2.45, 2.75) is 13.5 Å². The number of Topliss-reactive ketones (excluding diaryl/α,β-unsaturated/α-hetero) is 1. The molecule has 0 bridgehead atoms. The number of hydrogen-bond donors (Lipinski definition) is 0. The molecule has 1 aromatic heterocycles. The average molecular weight is 178 g/mol. The Bertz CT molecular complexity index is 308. The average Bonchev–Trinajstić information content (AvgIpc) is 2.03. The van der Waals surface area contributed by atoms with Gasteiger partial charge in [-0.2, -0.15) is 0 Å². The number of aromatic nitrogens is 1. The van der Waals surface area contributed by atoms with Crippen LogP contribution in [-0.2, 0) is 6.54 Å². The van der Waals surface area contributed by atoms with E-state index in [1.807, 2.05) is 31.1 Å². The highest BCUT2D eigenvalue weighted by Crippen LogP contribution is 2.01. The minimum Gasteiger partial charge on any atom is -0.304 e. The van der Waals surface area contributed by atoms with Crippen LogP contribution in [0.5, 0.6) is 0 Å². The second kappa shape index (κ2) is 4.14. The molecule has 0 aliphatic carbocycles. The lowest BCUT2D eigenvalue weighted by Crippen LogP contribution is -2.12. The molecule has 3 heteroatoms. The zero-order valence-corrected chi connectivity index (χ0v) is 8.24. The molecule has 0 N–H and O–H groups in total. The normalized spacial score (nSPS) is 10.5. The summed E-state index contributed by atoms with van der Waals surface area (Å²) < 4.78 is 0. The molecule has 0 aliphatic heterocycles. The lowest BCUT2D eigenvalue weighted by molar-refractivity contribution is 0.101. The highest BCUT2D eigenvalue weighted by Gasteiger charge is 2.02. The predicted molar refractivity (Wildman–Crippen MR) is 51.6 cm³/mol. The molecule has 1 rings (SSSR count). The first-order valence-corrected chi connectivity index (χ1v) is 4.21. The van der Waals surface area contributed by atoms with E-state index in [9.17, 15) is 4.79 Å². The maximum atomic E-state index is 11.0. The molecule has 0 spiro atoms. The highest BCUT2D eigenvalue weighted by molar-refractivity contribution is 5.92. The quantitative estimate of drug-likeness (QED) is 0.655. The lowest BCUT2D eigenvalue weighted by Gasteiger charge is -2.08. The van der Waals surface area contributed by atoms with Gasteiger partial charge in [0.2, 0.25) is 0 Å². The molecule has 1 heterocycles. The Morgan fingerprint density at radius 2 is 2.15 bits per heavy atom. The third-order valence-electron chi connectivity index (χ3n) is 1.65. The van der Waals surface area contributed by atoms with Gasteiger partial charge in [-0.15, -0.1) is 0 Å². The number of pyridine rings is 1. The van der Waals surface area contributed by atoms with Gasteiger partial charge < -0.3 is 4.90 Å². The number of rotatable bonds is 3. The highest BCUT2D eigenvalue weighted by atomic mass is 16.1. The summed E-state index contributed by atoms with van der Waals surface area (Å²) in [4.78, 5) is 17.2. The van der Waals surface area contributed by atoms with E-state index >= 15 is 0 Å². The monoisotopic (exact) mass is 178 g/mol. The third-order valence-corrected chi connectivity index (χ3v) is 1.65. The van der Waals surface area contributed by atoms with Gasteiger partial charge in [-0.1, -0.05) is 6.07 Å². The van der Waals surface area contributed by atoms with Crippen LogP contribution in [0, 0.1) is 0 Å². The minimum atomic E-state index is 0.0145. The summed E-state index contributed by atoms with van der Waals surface area (Å²) >= 11 is 0. The second-order valence-corrected chi connectivity index (χ2v) is 3.31. The van der Waals surface area contributed by atoms with Gasteiger partial charge in [-0.3, -0.25) is 4.79 Å². The number of ketones is 1. The molecule has 13 heavy (non-hydrogen) atoms. The van der Waals surface area contributed by atoms with Crippen molar-refractivity contribution in [2.75, 3.05) is 14.1 Å². The molecule has 1 aromatic rings. The number of hydrogen-bond acceptors (Lipinski definition) is 3. The van der Waals surface area contributed by atoms with Crippen LogP contribution in [0.4, 0.5) is 0 Å². The van der Waals surface area contributed by atoms with Gasteiger partial charge in [0.05, 0.1) is 5.69 Å². The molecule has 0 aromatic carbocycles. The fourth-order valence-electron chi connectivity index (χ4n) is 1.09. The van der Waals surface area contributed by atoms with E-state index in [4.69, 9.17) is 0 Å². The van der Waals surface area contributed by atoms with Crippen LogP contribution in [0.3, 0.4) is 0 Å². The van der Waals surface area contributed by atoms with Crippen LogP contribution in [0.25, 0.3) is 0 Å². The molecule has 3 nitrogen and oxygen atoms in total. The first-order valence-electron chi connectivity index (χ1n) is 4.21. The fraction of sp³-hybridized carbons (Fsp3) is 0.400. The second-order valence-electron chi connectivity index (χ2n) is 3.31. The lowest BCUT2D eigenvalue weighted by atomic mass is 10.2. The van der Waals surface area contributed by atoms with Crippen molar-refractivity contribution in [2.24, 2.45) is 0 Å². The maximum Gasteiger partial charge on any atom is 0.178 e. The maximum absolute atomic E-state index is 11.0. The minimum absolute atomic E-state index is 0.0145. The van der Waals surface area contributed by atoms with Crippen molar-refractivity contribution < 1.29 is 4.79 Å². The van der Waals surface area contributed by atoms with Crippen LogP contribution in [0.15, 0.2) is 18.2 Å². The molecular weight excluding hydrogens is 164 g/mol. The zero-order chi connectivity index (χ0) is 9.84. The molecule has 0 saturated carbocycles. The van der Waals surface area contributed by atoms with Gasteiger partial charge in [-0.25, -0.2) is 4.98 Å². The van der Waals surface area contributed by atoms with Gasteiger partial charge >= 0.3 is 0 Å². The molecule has 0 amide bonds. The Labute approximate surface area is 78.4 Å². The first kappa shape index (κ1) is 9.86. The molecule has 0 fully saturated rings. The first-order chi connectivity index (χ1) is 6.09. The molecular formula is C10H14N2O. The largest absolute Gasteiger partial charge is 0.304 e. The summed E-state index contributed by atoms with van der Waals surface area (Å²) in [7, 11) is 3.95. The number of carbonyl (C=O) groups is 1. The van der Waals surface area contributed by atoms with Crippen molar-refractivity contribution in [1.82, 2.24) is 9.88 Å². The Balaban J connectivity index is 2.85. The van der Waals surface area contributed by atoms with E-state index in [2.05, 4.69) is 4.98 Å². The Kier molecular flexibility index (Phi) is 3.14. The van der Waals surface area contributed by atoms with Crippen LogP contribution in [0.2, 0.25) is 0 Å². The van der Waals surface area contributed by atoms with Crippen molar-refractivity contribution in [1.29, 1.82) is 0 Å². The Morgan fingerprint density at radius 3 is 2.69 bits per heavy atom. The Morgan fingerprint density at radius 1 is 1.46 bits per heavy atom. The summed E-state index contributed by atoms with van der Waals surface area (Å²) in [6.07, 6.45) is 0. The summed E-state index contributed by atoms with van der Waals surface area (Å²) in [6.45, 7) is 2.29. The summed E-state index contributed by atoms with van der Waals surface area (Å²) in [5.41, 5.74) is 1.47. The van der Waals surface area contributed by atoms with Gasteiger partial charge in [0.15, 0.2) is 5.78 Å². The predicted octanol–water partition coefficient (Wildman–Crippen LogP) is 1.35. The summed E-state index contributed by atoms with van der Waals surface area (Å²) in [6, 6.07) is 5.52. The van der Waals surface area contributed by atoms with Crippen LogP contribution in [0.1, 0.15) is 23.1 Å². The van der Waals surface area contributed by atoms with E-state index in [1.165, 1.54) is 6.92 Å². The molecule has 0 aliphatic rings. The SMILES string of the molecule is CC(=O)c1cccc(CN(C)C)n1. The van der Waals surface area contributed by atoms with Crippen molar-refractivity contribution >= 4 is 5.78 Å². The smallest absolute Gasteiger partial charge is 0.178 e. The van der Waals surface area contributed by atoms with E-state index in [0.717, 1.165) is 12.2 Å². The molecule has 0 unspecified atom stereocenters. The topological polar surface area (TPSA) is 33.2 Å². The molecule has 0 radical (unpaired) electrons. The standard InChI is InChI=1S/C10H14N2O/c1-8(13)10-6-4-5-9(11-10)7-12(2)3/h4-6H,7H2,1-3H3. The summed E-state index contributed by atoms with van der Waals surface area (Å²) in [5.74, 6) is 0.0145. The van der Waals surface area contributed by atoms with Gasteiger partial charge in [-0.05, 0) is 26.2 Å². The zero-order valence-electron chi connectivity index (χ0n) is 8.24. The van der Waals surface area contributed by atoms with Crippen molar-refractivity contribution in [3.8, 4) is 0 Å².